The second kappa shape index (κ2) is 7.05. The Morgan fingerprint density at radius 2 is 2.23 bits per heavy atom. The molecular weight excluding hydrogens is 328 g/mol. The fraction of sp³-hybridized carbons (Fsp3) is 0.571. The van der Waals surface area contributed by atoms with E-state index in [2.05, 4.69) is 6.07 Å². The lowest BCUT2D eigenvalue weighted by atomic mass is 9.73. The van der Waals surface area contributed by atoms with Crippen LogP contribution in [0.25, 0.3) is 10.9 Å². The normalized spacial score (nSPS) is 26.1. The number of nitrogens with zero attached hydrogens (tertiary/aromatic N) is 2. The minimum atomic E-state index is -0.0627. The van der Waals surface area contributed by atoms with Crippen LogP contribution < -0.4 is 0 Å². The maximum atomic E-state index is 13.3. The number of carbonyl (C=O) groups excluding carboxylic acids is 1. The number of hydrogen-bond acceptors (Lipinski definition) is 3. The monoisotopic (exact) mass is 356 g/mol. The van der Waals surface area contributed by atoms with E-state index in [1.807, 2.05) is 47.8 Å². The average Bonchev–Trinajstić information content (AvgIpc) is 3.02. The van der Waals surface area contributed by atoms with Gasteiger partial charge in [-0.2, -0.15) is 0 Å². The van der Waals surface area contributed by atoms with Gasteiger partial charge in [-0.05, 0) is 32.3 Å². The highest BCUT2D eigenvalue weighted by Crippen LogP contribution is 2.41. The number of ether oxygens (including phenoxy) is 2. The van der Waals surface area contributed by atoms with Crippen molar-refractivity contribution in [1.29, 1.82) is 0 Å². The molecule has 2 fully saturated rings. The van der Waals surface area contributed by atoms with Crippen molar-refractivity contribution < 1.29 is 14.3 Å². The van der Waals surface area contributed by atoms with E-state index in [-0.39, 0.29) is 17.4 Å². The van der Waals surface area contributed by atoms with Crippen LogP contribution >= 0.6 is 0 Å². The van der Waals surface area contributed by atoms with Gasteiger partial charge in [0, 0.05) is 55.9 Å². The van der Waals surface area contributed by atoms with Gasteiger partial charge in [-0.15, -0.1) is 0 Å². The molecule has 2 aliphatic heterocycles. The smallest absolute Gasteiger partial charge is 0.256 e. The van der Waals surface area contributed by atoms with Crippen LogP contribution in [0.5, 0.6) is 0 Å². The van der Waals surface area contributed by atoms with Crippen LogP contribution in [0.3, 0.4) is 0 Å². The third kappa shape index (κ3) is 2.93. The number of piperidine rings is 1. The summed E-state index contributed by atoms with van der Waals surface area (Å²) in [6, 6.07) is 8.11. The maximum Gasteiger partial charge on any atom is 0.256 e. The van der Waals surface area contributed by atoms with Gasteiger partial charge in [0.15, 0.2) is 0 Å². The number of likely N-dealkylation sites (tertiary alicyclic amines) is 1. The molecule has 0 unspecified atom stereocenters. The predicted octanol–water partition coefficient (Wildman–Crippen LogP) is 3.23. The first-order chi connectivity index (χ1) is 12.6. The molecule has 140 valence electrons. The summed E-state index contributed by atoms with van der Waals surface area (Å²) in [6.07, 6.45) is 5.17. The Morgan fingerprint density at radius 3 is 3.08 bits per heavy atom. The van der Waals surface area contributed by atoms with Crippen LogP contribution in [-0.2, 0) is 16.5 Å². The van der Waals surface area contributed by atoms with Crippen LogP contribution in [0.15, 0.2) is 30.5 Å². The minimum absolute atomic E-state index is 0.0627. The molecule has 0 bridgehead atoms. The van der Waals surface area contributed by atoms with E-state index in [4.69, 9.17) is 9.47 Å². The van der Waals surface area contributed by atoms with Crippen molar-refractivity contribution in [3.63, 3.8) is 0 Å². The molecule has 0 aliphatic carbocycles. The lowest BCUT2D eigenvalue weighted by Crippen LogP contribution is -2.58. The first-order valence-electron chi connectivity index (χ1n) is 9.67. The third-order valence-corrected chi connectivity index (χ3v) is 6.00. The van der Waals surface area contributed by atoms with E-state index in [1.54, 1.807) is 0 Å². The first-order valence-corrected chi connectivity index (χ1v) is 9.67. The van der Waals surface area contributed by atoms with Gasteiger partial charge >= 0.3 is 0 Å². The average molecular weight is 356 g/mol. The van der Waals surface area contributed by atoms with E-state index in [0.717, 1.165) is 55.4 Å². The van der Waals surface area contributed by atoms with Gasteiger partial charge in [0.05, 0.1) is 18.3 Å². The van der Waals surface area contributed by atoms with Crippen LogP contribution in [0.1, 0.15) is 36.5 Å². The number of aromatic nitrogens is 1. The summed E-state index contributed by atoms with van der Waals surface area (Å²) in [4.78, 5) is 15.4. The number of para-hydroxylation sites is 1. The Balaban J connectivity index is 1.62. The molecular formula is C21H28N2O3. The van der Waals surface area contributed by atoms with Crippen molar-refractivity contribution in [3.8, 4) is 0 Å². The number of rotatable bonds is 4. The second-order valence-corrected chi connectivity index (χ2v) is 7.65. The summed E-state index contributed by atoms with van der Waals surface area (Å²) in [5.74, 6) is 0.127. The Kier molecular flexibility index (Phi) is 4.76. The molecule has 1 aromatic carbocycles. The van der Waals surface area contributed by atoms with Gasteiger partial charge in [0.25, 0.3) is 5.91 Å². The summed E-state index contributed by atoms with van der Waals surface area (Å²) in [5.41, 5.74) is 1.83. The molecule has 2 atom stereocenters. The third-order valence-electron chi connectivity index (χ3n) is 6.00. The topological polar surface area (TPSA) is 43.7 Å². The summed E-state index contributed by atoms with van der Waals surface area (Å²) in [5, 5.41) is 1.03. The van der Waals surface area contributed by atoms with Gasteiger partial charge in [0.1, 0.15) is 0 Å². The zero-order valence-corrected chi connectivity index (χ0v) is 15.7. The molecule has 26 heavy (non-hydrogen) atoms. The number of carbonyl (C=O) groups is 1. The van der Waals surface area contributed by atoms with Crippen molar-refractivity contribution in [2.75, 3.05) is 32.9 Å². The molecule has 2 aromatic rings. The first kappa shape index (κ1) is 17.6. The van der Waals surface area contributed by atoms with Crippen molar-refractivity contribution in [2.24, 2.45) is 12.5 Å². The highest BCUT2D eigenvalue weighted by Gasteiger charge is 2.47. The molecule has 1 amide bonds. The van der Waals surface area contributed by atoms with E-state index in [9.17, 15) is 4.79 Å². The predicted molar refractivity (Wildman–Crippen MR) is 101 cm³/mol. The standard InChI is InChI=1S/C21H28N2O3/c1-3-25-15-21-10-6-12-26-19(21)9-11-23(14-21)20(24)17-13-22(2)18-8-5-4-7-16(17)18/h4-5,7-8,13,19H,3,6,9-12,14-15H2,1-2H3/t19-,21+/m0/s1. The largest absolute Gasteiger partial charge is 0.381 e. The molecule has 1 aromatic heterocycles. The number of aryl methyl sites for hydroxylation is 1. The molecule has 5 heteroatoms. The minimum Gasteiger partial charge on any atom is -0.381 e. The number of amides is 1. The zero-order chi connectivity index (χ0) is 18.1. The van der Waals surface area contributed by atoms with Crippen molar-refractivity contribution in [1.82, 2.24) is 9.47 Å². The van der Waals surface area contributed by atoms with Crippen LogP contribution in [0.2, 0.25) is 0 Å². The van der Waals surface area contributed by atoms with Crippen molar-refractivity contribution in [3.05, 3.63) is 36.0 Å². The number of benzene rings is 1. The summed E-state index contributed by atoms with van der Waals surface area (Å²) in [7, 11) is 2.00. The Hall–Kier alpha value is -1.85. The van der Waals surface area contributed by atoms with Gasteiger partial charge < -0.3 is 18.9 Å². The molecule has 5 nitrogen and oxygen atoms in total. The molecule has 0 spiro atoms. The quantitative estimate of drug-likeness (QED) is 0.845. The summed E-state index contributed by atoms with van der Waals surface area (Å²) >= 11 is 0. The maximum absolute atomic E-state index is 13.3. The van der Waals surface area contributed by atoms with E-state index in [0.29, 0.717) is 13.2 Å². The van der Waals surface area contributed by atoms with Gasteiger partial charge in [0.2, 0.25) is 0 Å². The molecule has 0 radical (unpaired) electrons. The SMILES string of the molecule is CCOC[C@]12CCCO[C@H]1CCN(C(=O)c1cn(C)c3ccccc13)C2. The number of hydrogen-bond donors (Lipinski definition) is 0. The van der Waals surface area contributed by atoms with Crippen molar-refractivity contribution >= 4 is 16.8 Å². The van der Waals surface area contributed by atoms with E-state index >= 15 is 0 Å². The van der Waals surface area contributed by atoms with Gasteiger partial charge in [-0.1, -0.05) is 18.2 Å². The number of fused-ring (bicyclic) bond motifs is 2. The molecule has 4 rings (SSSR count). The fourth-order valence-corrected chi connectivity index (χ4v) is 4.66. The van der Waals surface area contributed by atoms with E-state index in [1.165, 1.54) is 0 Å². The van der Waals surface area contributed by atoms with Crippen LogP contribution in [0, 0.1) is 5.41 Å². The molecule has 3 heterocycles. The van der Waals surface area contributed by atoms with E-state index < -0.39 is 0 Å². The highest BCUT2D eigenvalue weighted by atomic mass is 16.5. The van der Waals surface area contributed by atoms with Crippen LogP contribution in [0.4, 0.5) is 0 Å². The van der Waals surface area contributed by atoms with Crippen molar-refractivity contribution in [2.45, 2.75) is 32.3 Å². The second-order valence-electron chi connectivity index (χ2n) is 7.65. The van der Waals surface area contributed by atoms with Crippen LogP contribution in [-0.4, -0.2) is 54.4 Å². The van der Waals surface area contributed by atoms with Gasteiger partial charge in [-0.25, -0.2) is 0 Å². The molecule has 2 saturated heterocycles. The lowest BCUT2D eigenvalue weighted by Gasteiger charge is -2.50. The summed E-state index contributed by atoms with van der Waals surface area (Å²) < 4.78 is 13.9. The molecule has 2 aliphatic rings. The Labute approximate surface area is 154 Å². The summed E-state index contributed by atoms with van der Waals surface area (Å²) in [6.45, 7) is 5.70. The lowest BCUT2D eigenvalue weighted by molar-refractivity contribution is -0.146. The zero-order valence-electron chi connectivity index (χ0n) is 15.7. The Bertz CT molecular complexity index is 800. The Morgan fingerprint density at radius 1 is 1.38 bits per heavy atom. The highest BCUT2D eigenvalue weighted by molar-refractivity contribution is 6.07. The molecule has 0 saturated carbocycles. The molecule has 0 N–H and O–H groups in total. The fourth-order valence-electron chi connectivity index (χ4n) is 4.66. The van der Waals surface area contributed by atoms with Gasteiger partial charge in [-0.3, -0.25) is 4.79 Å².